The van der Waals surface area contributed by atoms with Crippen LogP contribution in [0.2, 0.25) is 0 Å². The van der Waals surface area contributed by atoms with Crippen molar-refractivity contribution in [2.45, 2.75) is 48.4 Å². The molecular formula is C11H22B2O5S. The van der Waals surface area contributed by atoms with E-state index < -0.39 is 6.10 Å². The van der Waals surface area contributed by atoms with Gasteiger partial charge >= 0.3 is 0 Å². The molecule has 2 aliphatic rings. The smallest absolute Gasteiger partial charge is 0.139 e. The number of rotatable bonds is 6. The number of hydrogen-bond acceptors (Lipinski definition) is 6. The van der Waals surface area contributed by atoms with Crippen molar-refractivity contribution in [2.75, 3.05) is 19.2 Å². The lowest BCUT2D eigenvalue weighted by molar-refractivity contribution is -0.0206. The largest absolute Gasteiger partial charge is 0.394 e. The van der Waals surface area contributed by atoms with Crippen molar-refractivity contribution in [3.8, 4) is 0 Å². The highest BCUT2D eigenvalue weighted by molar-refractivity contribution is 7.99. The molecular weight excluding hydrogens is 266 g/mol. The Labute approximate surface area is 120 Å². The molecule has 0 amide bonds. The predicted molar refractivity (Wildman–Crippen MR) is 78.9 cm³/mol. The Balaban J connectivity index is 1.61. The molecule has 2 aliphatic heterocycles. The van der Waals surface area contributed by atoms with E-state index in [-0.39, 0.29) is 36.1 Å². The van der Waals surface area contributed by atoms with Crippen LogP contribution in [0.1, 0.15) is 12.8 Å². The maximum Gasteiger partial charge on any atom is 0.139 e. The maximum absolute atomic E-state index is 9.72. The highest BCUT2D eigenvalue weighted by atomic mass is 32.2. The van der Waals surface area contributed by atoms with E-state index in [1.165, 1.54) is 0 Å². The van der Waals surface area contributed by atoms with Crippen molar-refractivity contribution in [3.63, 3.8) is 0 Å². The minimum Gasteiger partial charge on any atom is -0.394 e. The van der Waals surface area contributed by atoms with Gasteiger partial charge in [-0.1, -0.05) is 0 Å². The third kappa shape index (κ3) is 4.37. The van der Waals surface area contributed by atoms with Crippen molar-refractivity contribution < 1.29 is 24.4 Å². The van der Waals surface area contributed by atoms with Crippen LogP contribution in [-0.4, -0.2) is 80.6 Å². The van der Waals surface area contributed by atoms with Crippen molar-refractivity contribution in [1.29, 1.82) is 0 Å². The topological polar surface area (TPSA) is 68.2 Å². The molecule has 8 heteroatoms. The van der Waals surface area contributed by atoms with Crippen molar-refractivity contribution in [3.05, 3.63) is 0 Å². The van der Waals surface area contributed by atoms with Crippen LogP contribution < -0.4 is 0 Å². The second-order valence-electron chi connectivity index (χ2n) is 5.39. The molecule has 0 saturated carbocycles. The van der Waals surface area contributed by atoms with Gasteiger partial charge in [0.25, 0.3) is 0 Å². The van der Waals surface area contributed by atoms with E-state index in [4.69, 9.17) is 14.2 Å². The summed E-state index contributed by atoms with van der Waals surface area (Å²) >= 11 is 1.66. The number of aliphatic hydroxyl groups excluding tert-OH is 2. The van der Waals surface area contributed by atoms with Gasteiger partial charge in [-0.2, -0.15) is 0 Å². The summed E-state index contributed by atoms with van der Waals surface area (Å²) in [7, 11) is 3.98. The highest BCUT2D eigenvalue weighted by Gasteiger charge is 2.33. The van der Waals surface area contributed by atoms with Gasteiger partial charge in [0.15, 0.2) is 0 Å². The SMILES string of the molecule is B[C@H]1CC(O)[C@@H](COCSC2C[C@H](B)O[C@@H]2CO)O1. The van der Waals surface area contributed by atoms with Crippen LogP contribution in [0.5, 0.6) is 0 Å². The van der Waals surface area contributed by atoms with Gasteiger partial charge in [0, 0.05) is 17.3 Å². The molecule has 19 heavy (non-hydrogen) atoms. The number of aliphatic hydroxyl groups is 2. The lowest BCUT2D eigenvalue weighted by atomic mass is 9.96. The van der Waals surface area contributed by atoms with Crippen LogP contribution in [-0.2, 0) is 14.2 Å². The van der Waals surface area contributed by atoms with Gasteiger partial charge < -0.3 is 24.4 Å². The van der Waals surface area contributed by atoms with E-state index in [0.717, 1.165) is 6.42 Å². The van der Waals surface area contributed by atoms with Gasteiger partial charge in [-0.3, -0.25) is 0 Å². The molecule has 5 nitrogen and oxygen atoms in total. The fourth-order valence-corrected chi connectivity index (χ4v) is 3.78. The molecule has 0 aromatic heterocycles. The summed E-state index contributed by atoms with van der Waals surface area (Å²) in [6, 6.07) is 0.314. The molecule has 0 aliphatic carbocycles. The second kappa shape index (κ2) is 7.33. The summed E-state index contributed by atoms with van der Waals surface area (Å²) in [6.45, 7) is 0.482. The number of ether oxygens (including phenoxy) is 3. The van der Waals surface area contributed by atoms with Crippen LogP contribution in [0.3, 0.4) is 0 Å². The molecule has 2 fully saturated rings. The average Bonchev–Trinajstić information content (AvgIpc) is 2.87. The van der Waals surface area contributed by atoms with Gasteiger partial charge in [0.1, 0.15) is 21.8 Å². The summed E-state index contributed by atoms with van der Waals surface area (Å²) < 4.78 is 16.7. The molecule has 2 saturated heterocycles. The first-order valence-electron chi connectivity index (χ1n) is 6.89. The van der Waals surface area contributed by atoms with E-state index in [1.54, 1.807) is 11.8 Å². The molecule has 0 radical (unpaired) electrons. The van der Waals surface area contributed by atoms with Crippen molar-refractivity contribution in [1.82, 2.24) is 0 Å². The Bertz CT molecular complexity index is 286. The Morgan fingerprint density at radius 2 is 1.84 bits per heavy atom. The van der Waals surface area contributed by atoms with Crippen LogP contribution in [0.4, 0.5) is 0 Å². The van der Waals surface area contributed by atoms with E-state index >= 15 is 0 Å². The molecule has 2 heterocycles. The molecule has 0 bridgehead atoms. The third-order valence-electron chi connectivity index (χ3n) is 3.62. The lowest BCUT2D eigenvalue weighted by Crippen LogP contribution is -2.27. The van der Waals surface area contributed by atoms with Gasteiger partial charge in [-0.25, -0.2) is 0 Å². The van der Waals surface area contributed by atoms with Crippen LogP contribution in [0.25, 0.3) is 0 Å². The first kappa shape index (κ1) is 15.7. The van der Waals surface area contributed by atoms with Crippen molar-refractivity contribution in [2.24, 2.45) is 0 Å². The molecule has 0 aromatic rings. The number of thioether (sulfide) groups is 1. The molecule has 6 atom stereocenters. The lowest BCUT2D eigenvalue weighted by Gasteiger charge is -2.17. The minimum atomic E-state index is -0.417. The summed E-state index contributed by atoms with van der Waals surface area (Å²) in [6.07, 6.45) is 0.917. The van der Waals surface area contributed by atoms with E-state index in [0.29, 0.717) is 19.0 Å². The molecule has 2 rings (SSSR count). The summed E-state index contributed by atoms with van der Waals surface area (Å²) in [4.78, 5) is 0. The van der Waals surface area contributed by atoms with E-state index in [2.05, 4.69) is 0 Å². The predicted octanol–water partition coefficient (Wildman–Crippen LogP) is -2.09. The monoisotopic (exact) mass is 288 g/mol. The van der Waals surface area contributed by atoms with Crippen LogP contribution in [0, 0.1) is 0 Å². The van der Waals surface area contributed by atoms with Gasteiger partial charge in [0.05, 0.1) is 31.4 Å². The normalized spacial score (nSPS) is 42.8. The van der Waals surface area contributed by atoms with Crippen LogP contribution >= 0.6 is 11.8 Å². The molecule has 2 N–H and O–H groups in total. The molecule has 0 spiro atoms. The zero-order valence-electron chi connectivity index (χ0n) is 11.5. The Morgan fingerprint density at radius 1 is 1.16 bits per heavy atom. The van der Waals surface area contributed by atoms with Crippen molar-refractivity contribution >= 4 is 27.5 Å². The second-order valence-corrected chi connectivity index (χ2v) is 6.56. The first-order chi connectivity index (χ1) is 9.10. The fourth-order valence-electron chi connectivity index (χ4n) is 2.64. The van der Waals surface area contributed by atoms with E-state index in [9.17, 15) is 10.2 Å². The Morgan fingerprint density at radius 3 is 2.47 bits per heavy atom. The van der Waals surface area contributed by atoms with E-state index in [1.807, 2.05) is 15.7 Å². The fraction of sp³-hybridized carbons (Fsp3) is 1.00. The standard InChI is InChI=1S/C11H22B2O5S/c12-10-1-6(15)8(18-10)4-16-5-19-9-2-11(13)17-7(9)3-14/h6-11,14-15H,1-5,12-13H2/t6?,7-,8-,9?,10-,11-/m1/s1. The van der Waals surface area contributed by atoms with Gasteiger partial charge in [-0.05, 0) is 12.8 Å². The molecule has 2 unspecified atom stereocenters. The molecule has 0 aromatic carbocycles. The highest BCUT2D eigenvalue weighted by Crippen LogP contribution is 2.29. The molecule has 108 valence electrons. The maximum atomic E-state index is 9.72. The van der Waals surface area contributed by atoms with Crippen LogP contribution in [0.15, 0.2) is 0 Å². The zero-order valence-corrected chi connectivity index (χ0v) is 12.3. The average molecular weight is 288 g/mol. The Kier molecular flexibility index (Phi) is 6.05. The Hall–Kier alpha value is 0.280. The summed E-state index contributed by atoms with van der Waals surface area (Å²) in [5, 5.41) is 19.2. The van der Waals surface area contributed by atoms with Gasteiger partial charge in [-0.15, -0.1) is 11.8 Å². The minimum absolute atomic E-state index is 0.0595. The number of hydrogen-bond donors (Lipinski definition) is 2. The quantitative estimate of drug-likeness (QED) is 0.332. The summed E-state index contributed by atoms with van der Waals surface area (Å²) in [5.41, 5.74) is 0. The third-order valence-corrected chi connectivity index (χ3v) is 4.85. The first-order valence-corrected chi connectivity index (χ1v) is 7.94. The summed E-state index contributed by atoms with van der Waals surface area (Å²) in [5.74, 6) is 0.540. The van der Waals surface area contributed by atoms with Gasteiger partial charge in [0.2, 0.25) is 0 Å². The zero-order chi connectivity index (χ0) is 13.8.